The van der Waals surface area contributed by atoms with Gasteiger partial charge >= 0.3 is 10.2 Å². The van der Waals surface area contributed by atoms with Gasteiger partial charge in [-0.2, -0.15) is 8.42 Å². The molecular formula is C8H9FO4S. The van der Waals surface area contributed by atoms with Crippen LogP contribution in [-0.2, 0) is 10.2 Å². The highest BCUT2D eigenvalue weighted by atomic mass is 32.3. The van der Waals surface area contributed by atoms with Crippen molar-refractivity contribution in [3.8, 4) is 11.5 Å². The van der Waals surface area contributed by atoms with Crippen LogP contribution in [0.25, 0.3) is 0 Å². The van der Waals surface area contributed by atoms with Gasteiger partial charge in [0, 0.05) is 6.07 Å². The zero-order chi connectivity index (χ0) is 10.8. The van der Waals surface area contributed by atoms with Gasteiger partial charge in [-0.05, 0) is 12.1 Å². The summed E-state index contributed by atoms with van der Waals surface area (Å²) in [7, 11) is -2.08. The lowest BCUT2D eigenvalue weighted by atomic mass is 10.3. The Morgan fingerprint density at radius 3 is 2.29 bits per heavy atom. The third-order valence-corrected chi connectivity index (χ3v) is 2.50. The average Bonchev–Trinajstić information content (AvgIpc) is 2.15. The Bertz CT molecular complexity index is 427. The molecule has 14 heavy (non-hydrogen) atoms. The Kier molecular flexibility index (Phi) is 2.95. The summed E-state index contributed by atoms with van der Waals surface area (Å²) in [5.41, 5.74) is 0. The number of hydrogen-bond donors (Lipinski definition) is 0. The molecule has 0 radical (unpaired) electrons. The van der Waals surface area contributed by atoms with Gasteiger partial charge in [0.2, 0.25) is 0 Å². The van der Waals surface area contributed by atoms with E-state index in [0.29, 0.717) is 5.75 Å². The monoisotopic (exact) mass is 220 g/mol. The first-order valence-electron chi connectivity index (χ1n) is 3.65. The van der Waals surface area contributed by atoms with Crippen LogP contribution in [0.2, 0.25) is 0 Å². The second kappa shape index (κ2) is 3.83. The summed E-state index contributed by atoms with van der Waals surface area (Å²) in [6, 6.07) is 3.73. The van der Waals surface area contributed by atoms with Crippen molar-refractivity contribution in [1.29, 1.82) is 0 Å². The first kappa shape index (κ1) is 10.8. The van der Waals surface area contributed by atoms with Gasteiger partial charge in [0.1, 0.15) is 16.4 Å². The number of halogens is 1. The van der Waals surface area contributed by atoms with Crippen LogP contribution in [0, 0.1) is 0 Å². The van der Waals surface area contributed by atoms with E-state index in [1.54, 1.807) is 0 Å². The first-order chi connectivity index (χ1) is 6.49. The fraction of sp³-hybridized carbons (Fsp3) is 0.250. The number of rotatable bonds is 3. The van der Waals surface area contributed by atoms with Crippen molar-refractivity contribution >= 4 is 10.2 Å². The lowest BCUT2D eigenvalue weighted by Gasteiger charge is -2.06. The van der Waals surface area contributed by atoms with Crippen molar-refractivity contribution in [2.45, 2.75) is 4.90 Å². The topological polar surface area (TPSA) is 52.6 Å². The summed E-state index contributed by atoms with van der Waals surface area (Å²) in [5.74, 6) is 0.320. The molecule has 0 aliphatic carbocycles. The smallest absolute Gasteiger partial charge is 0.335 e. The molecule has 0 spiro atoms. The molecule has 0 amide bonds. The molecule has 0 aliphatic rings. The number of methoxy groups -OCH3 is 2. The Morgan fingerprint density at radius 2 is 1.86 bits per heavy atom. The largest absolute Gasteiger partial charge is 0.497 e. The molecule has 0 N–H and O–H groups in total. The molecule has 4 nitrogen and oxygen atoms in total. The van der Waals surface area contributed by atoms with Crippen molar-refractivity contribution in [3.05, 3.63) is 18.2 Å². The van der Waals surface area contributed by atoms with Crippen molar-refractivity contribution in [2.75, 3.05) is 14.2 Å². The molecule has 0 atom stereocenters. The van der Waals surface area contributed by atoms with Crippen LogP contribution in [0.3, 0.4) is 0 Å². The van der Waals surface area contributed by atoms with E-state index in [1.807, 2.05) is 0 Å². The van der Waals surface area contributed by atoms with E-state index >= 15 is 0 Å². The van der Waals surface area contributed by atoms with E-state index in [4.69, 9.17) is 9.47 Å². The second-order valence-electron chi connectivity index (χ2n) is 2.45. The molecule has 1 rings (SSSR count). The van der Waals surface area contributed by atoms with Gasteiger partial charge in [0.05, 0.1) is 14.2 Å². The highest BCUT2D eigenvalue weighted by Crippen LogP contribution is 2.29. The lowest BCUT2D eigenvalue weighted by Crippen LogP contribution is -1.97. The van der Waals surface area contributed by atoms with Gasteiger partial charge in [-0.15, -0.1) is 3.89 Å². The molecule has 0 aliphatic heterocycles. The van der Waals surface area contributed by atoms with Gasteiger partial charge in [0.15, 0.2) is 0 Å². The SMILES string of the molecule is COc1ccc(S(=O)(=O)F)c(OC)c1. The maximum atomic E-state index is 12.7. The molecule has 78 valence electrons. The fourth-order valence-electron chi connectivity index (χ4n) is 0.976. The summed E-state index contributed by atoms with van der Waals surface area (Å²) < 4.78 is 43.4. The van der Waals surface area contributed by atoms with Crippen LogP contribution < -0.4 is 9.47 Å². The molecule has 0 fully saturated rings. The van der Waals surface area contributed by atoms with Gasteiger partial charge in [0.25, 0.3) is 0 Å². The predicted octanol–water partition coefficient (Wildman–Crippen LogP) is 1.36. The summed E-state index contributed by atoms with van der Waals surface area (Å²) >= 11 is 0. The van der Waals surface area contributed by atoms with E-state index in [2.05, 4.69) is 0 Å². The summed E-state index contributed by atoms with van der Waals surface area (Å²) in [6.45, 7) is 0. The number of hydrogen-bond acceptors (Lipinski definition) is 4. The van der Waals surface area contributed by atoms with Crippen LogP contribution in [0.4, 0.5) is 3.89 Å². The van der Waals surface area contributed by atoms with Crippen LogP contribution in [0.1, 0.15) is 0 Å². The fourth-order valence-corrected chi connectivity index (χ4v) is 1.59. The maximum Gasteiger partial charge on any atom is 0.335 e. The summed E-state index contributed by atoms with van der Waals surface area (Å²) in [6.07, 6.45) is 0. The molecule has 0 saturated carbocycles. The van der Waals surface area contributed by atoms with Crippen LogP contribution in [0.15, 0.2) is 23.1 Å². The molecule has 1 aromatic carbocycles. The Labute approximate surface area is 81.5 Å². The molecule has 6 heteroatoms. The third-order valence-electron chi connectivity index (χ3n) is 1.63. The highest BCUT2D eigenvalue weighted by molar-refractivity contribution is 7.86. The Hall–Kier alpha value is -1.30. The molecule has 1 aromatic rings. The van der Waals surface area contributed by atoms with Crippen molar-refractivity contribution in [1.82, 2.24) is 0 Å². The van der Waals surface area contributed by atoms with Crippen LogP contribution >= 0.6 is 0 Å². The summed E-state index contributed by atoms with van der Waals surface area (Å²) in [5, 5.41) is 0. The van der Waals surface area contributed by atoms with Crippen LogP contribution in [0.5, 0.6) is 11.5 Å². The van der Waals surface area contributed by atoms with E-state index in [1.165, 1.54) is 26.4 Å². The molecule has 0 bridgehead atoms. The zero-order valence-corrected chi connectivity index (χ0v) is 8.47. The minimum absolute atomic E-state index is 0.0770. The van der Waals surface area contributed by atoms with Gasteiger partial charge < -0.3 is 9.47 Å². The Balaban J connectivity index is 3.33. The average molecular weight is 220 g/mol. The molecule has 0 aromatic heterocycles. The molecular weight excluding hydrogens is 211 g/mol. The van der Waals surface area contributed by atoms with E-state index in [0.717, 1.165) is 6.07 Å². The molecule has 0 saturated heterocycles. The molecule has 0 heterocycles. The summed E-state index contributed by atoms with van der Waals surface area (Å²) in [4.78, 5) is -0.499. The number of ether oxygens (including phenoxy) is 2. The minimum atomic E-state index is -4.75. The van der Waals surface area contributed by atoms with Crippen LogP contribution in [-0.4, -0.2) is 22.6 Å². The van der Waals surface area contributed by atoms with E-state index in [9.17, 15) is 12.3 Å². The lowest BCUT2D eigenvalue weighted by molar-refractivity contribution is 0.385. The molecule has 0 unspecified atom stereocenters. The van der Waals surface area contributed by atoms with Gasteiger partial charge in [-0.25, -0.2) is 0 Å². The third kappa shape index (κ3) is 2.14. The van der Waals surface area contributed by atoms with Gasteiger partial charge in [-0.3, -0.25) is 0 Å². The first-order valence-corrected chi connectivity index (χ1v) is 5.04. The zero-order valence-electron chi connectivity index (χ0n) is 7.65. The second-order valence-corrected chi connectivity index (χ2v) is 3.77. The number of benzene rings is 1. The normalized spacial score (nSPS) is 11.1. The standard InChI is InChI=1S/C8H9FO4S/c1-12-6-3-4-8(14(9,10)11)7(5-6)13-2/h3-5H,1-2H3. The quantitative estimate of drug-likeness (QED) is 0.722. The minimum Gasteiger partial charge on any atom is -0.497 e. The van der Waals surface area contributed by atoms with Gasteiger partial charge in [-0.1, -0.05) is 0 Å². The predicted molar refractivity (Wildman–Crippen MR) is 47.8 cm³/mol. The van der Waals surface area contributed by atoms with E-state index < -0.39 is 15.1 Å². The Morgan fingerprint density at radius 1 is 1.21 bits per heavy atom. The van der Waals surface area contributed by atoms with Crippen molar-refractivity contribution in [3.63, 3.8) is 0 Å². The maximum absolute atomic E-state index is 12.7. The van der Waals surface area contributed by atoms with Crippen molar-refractivity contribution in [2.24, 2.45) is 0 Å². The van der Waals surface area contributed by atoms with E-state index in [-0.39, 0.29) is 5.75 Å². The van der Waals surface area contributed by atoms with Crippen molar-refractivity contribution < 1.29 is 21.8 Å². The highest BCUT2D eigenvalue weighted by Gasteiger charge is 2.18.